The molecule has 0 aliphatic rings. The van der Waals surface area contributed by atoms with Gasteiger partial charge < -0.3 is 20.3 Å². The predicted octanol–water partition coefficient (Wildman–Crippen LogP) is 1.65. The van der Waals surface area contributed by atoms with Gasteiger partial charge in [0.25, 0.3) is 0 Å². The molecule has 0 atom stereocenters. The maximum atomic E-state index is 9.71. The van der Waals surface area contributed by atoms with E-state index in [1.807, 2.05) is 20.8 Å². The Kier molecular flexibility index (Phi) is 4.78. The molecule has 0 fully saturated rings. The molecule has 3 N–H and O–H groups in total. The second-order valence-corrected chi connectivity index (χ2v) is 4.62. The summed E-state index contributed by atoms with van der Waals surface area (Å²) in [4.78, 5) is 0. The van der Waals surface area contributed by atoms with Gasteiger partial charge >= 0.3 is 0 Å². The maximum Gasteiger partial charge on any atom is 0.120 e. The fourth-order valence-corrected chi connectivity index (χ4v) is 1.35. The summed E-state index contributed by atoms with van der Waals surface area (Å²) in [5.41, 5.74) is 0.395. The normalized spacial score (nSPS) is 11.5. The van der Waals surface area contributed by atoms with Gasteiger partial charge in [-0.2, -0.15) is 0 Å². The van der Waals surface area contributed by atoms with Crippen LogP contribution in [-0.4, -0.2) is 29.0 Å². The number of rotatable bonds is 6. The van der Waals surface area contributed by atoms with Crippen LogP contribution in [0.4, 0.5) is 0 Å². The Morgan fingerprint density at radius 3 is 2.65 bits per heavy atom. The highest BCUT2D eigenvalue weighted by atomic mass is 16.5. The lowest BCUT2D eigenvalue weighted by Crippen LogP contribution is -2.42. The Balaban J connectivity index is 2.72. The van der Waals surface area contributed by atoms with Gasteiger partial charge in [0.2, 0.25) is 0 Å². The first-order valence-corrected chi connectivity index (χ1v) is 5.79. The highest BCUT2D eigenvalue weighted by Gasteiger charge is 2.16. The van der Waals surface area contributed by atoms with E-state index in [2.05, 4.69) is 5.32 Å². The van der Waals surface area contributed by atoms with Gasteiger partial charge in [-0.1, -0.05) is 0 Å². The fraction of sp³-hybridized carbons (Fsp3) is 0.538. The molecule has 0 bridgehead atoms. The van der Waals surface area contributed by atoms with Crippen LogP contribution in [0.5, 0.6) is 11.5 Å². The molecule has 96 valence electrons. The van der Waals surface area contributed by atoms with Crippen molar-refractivity contribution in [3.05, 3.63) is 23.8 Å². The van der Waals surface area contributed by atoms with Crippen molar-refractivity contribution in [1.82, 2.24) is 5.32 Å². The van der Waals surface area contributed by atoms with Crippen molar-refractivity contribution in [2.24, 2.45) is 0 Å². The maximum absolute atomic E-state index is 9.71. The quantitative estimate of drug-likeness (QED) is 0.706. The lowest BCUT2D eigenvalue weighted by molar-refractivity contribution is 0.187. The molecule has 0 saturated carbocycles. The van der Waals surface area contributed by atoms with E-state index in [1.165, 1.54) is 0 Å². The van der Waals surface area contributed by atoms with Crippen LogP contribution in [0.3, 0.4) is 0 Å². The second-order valence-electron chi connectivity index (χ2n) is 4.62. The van der Waals surface area contributed by atoms with E-state index in [0.717, 1.165) is 11.3 Å². The number of hydrogen-bond acceptors (Lipinski definition) is 4. The van der Waals surface area contributed by atoms with Gasteiger partial charge in [-0.05, 0) is 39.0 Å². The minimum absolute atomic E-state index is 0.0406. The van der Waals surface area contributed by atoms with E-state index >= 15 is 0 Å². The SMILES string of the molecule is CCOc1ccc(O)c(CNC(C)(C)CO)c1. The van der Waals surface area contributed by atoms with Crippen molar-refractivity contribution in [2.75, 3.05) is 13.2 Å². The molecule has 0 spiro atoms. The highest BCUT2D eigenvalue weighted by Crippen LogP contribution is 2.23. The Bertz CT molecular complexity index is 364. The van der Waals surface area contributed by atoms with Crippen molar-refractivity contribution < 1.29 is 14.9 Å². The van der Waals surface area contributed by atoms with Crippen LogP contribution in [0.25, 0.3) is 0 Å². The van der Waals surface area contributed by atoms with Crippen LogP contribution in [0.15, 0.2) is 18.2 Å². The Hall–Kier alpha value is -1.26. The lowest BCUT2D eigenvalue weighted by atomic mass is 10.1. The zero-order valence-corrected chi connectivity index (χ0v) is 10.7. The molecule has 1 aromatic rings. The number of hydrogen-bond donors (Lipinski definition) is 3. The van der Waals surface area contributed by atoms with Crippen LogP contribution in [0.2, 0.25) is 0 Å². The summed E-state index contributed by atoms with van der Waals surface area (Å²) in [5, 5.41) is 22.0. The summed E-state index contributed by atoms with van der Waals surface area (Å²) in [6.45, 7) is 6.84. The van der Waals surface area contributed by atoms with E-state index in [0.29, 0.717) is 13.2 Å². The smallest absolute Gasteiger partial charge is 0.120 e. The highest BCUT2D eigenvalue weighted by molar-refractivity contribution is 5.39. The monoisotopic (exact) mass is 239 g/mol. The van der Waals surface area contributed by atoms with Gasteiger partial charge in [0.05, 0.1) is 13.2 Å². The molecule has 0 unspecified atom stereocenters. The van der Waals surface area contributed by atoms with Gasteiger partial charge in [0, 0.05) is 17.6 Å². The standard InChI is InChI=1S/C13H21NO3/c1-4-17-11-5-6-12(16)10(7-11)8-14-13(2,3)9-15/h5-7,14-16H,4,8-9H2,1-3H3. The predicted molar refractivity (Wildman–Crippen MR) is 67.3 cm³/mol. The summed E-state index contributed by atoms with van der Waals surface area (Å²) < 4.78 is 5.37. The number of phenols is 1. The van der Waals surface area contributed by atoms with Crippen molar-refractivity contribution in [2.45, 2.75) is 32.9 Å². The van der Waals surface area contributed by atoms with Crippen LogP contribution < -0.4 is 10.1 Å². The van der Waals surface area contributed by atoms with Crippen molar-refractivity contribution in [3.63, 3.8) is 0 Å². The van der Waals surface area contributed by atoms with Gasteiger partial charge in [0.1, 0.15) is 11.5 Å². The number of aromatic hydroxyl groups is 1. The lowest BCUT2D eigenvalue weighted by Gasteiger charge is -2.24. The molecule has 0 radical (unpaired) electrons. The number of aliphatic hydroxyl groups is 1. The summed E-state index contributed by atoms with van der Waals surface area (Å²) in [6, 6.07) is 5.16. The molecule has 4 heteroatoms. The molecule has 1 aromatic carbocycles. The zero-order chi connectivity index (χ0) is 12.9. The summed E-state index contributed by atoms with van der Waals surface area (Å²) >= 11 is 0. The largest absolute Gasteiger partial charge is 0.508 e. The Morgan fingerprint density at radius 1 is 1.35 bits per heavy atom. The van der Waals surface area contributed by atoms with E-state index in [9.17, 15) is 5.11 Å². The molecule has 0 saturated heterocycles. The van der Waals surface area contributed by atoms with E-state index in [4.69, 9.17) is 9.84 Å². The topological polar surface area (TPSA) is 61.7 Å². The van der Waals surface area contributed by atoms with Gasteiger partial charge in [-0.15, -0.1) is 0 Å². The number of benzene rings is 1. The summed E-state index contributed by atoms with van der Waals surface area (Å²) in [5.74, 6) is 0.971. The first kappa shape index (κ1) is 13.8. The number of aliphatic hydroxyl groups excluding tert-OH is 1. The molecule has 17 heavy (non-hydrogen) atoms. The van der Waals surface area contributed by atoms with Gasteiger partial charge in [-0.3, -0.25) is 0 Å². The zero-order valence-electron chi connectivity index (χ0n) is 10.7. The molecule has 0 amide bonds. The number of phenolic OH excluding ortho intramolecular Hbond substituents is 1. The second kappa shape index (κ2) is 5.89. The van der Waals surface area contributed by atoms with Crippen LogP contribution in [-0.2, 0) is 6.54 Å². The first-order valence-electron chi connectivity index (χ1n) is 5.79. The number of nitrogens with one attached hydrogen (secondary N) is 1. The fourth-order valence-electron chi connectivity index (χ4n) is 1.35. The minimum atomic E-state index is -0.367. The van der Waals surface area contributed by atoms with Gasteiger partial charge in [0.15, 0.2) is 0 Å². The van der Waals surface area contributed by atoms with Crippen molar-refractivity contribution in [1.29, 1.82) is 0 Å². The first-order chi connectivity index (χ1) is 7.98. The average molecular weight is 239 g/mol. The van der Waals surface area contributed by atoms with E-state index < -0.39 is 0 Å². The van der Waals surface area contributed by atoms with Crippen LogP contribution in [0, 0.1) is 0 Å². The molecule has 1 rings (SSSR count). The molecular weight excluding hydrogens is 218 g/mol. The molecule has 0 heterocycles. The van der Waals surface area contributed by atoms with Gasteiger partial charge in [-0.25, -0.2) is 0 Å². The van der Waals surface area contributed by atoms with Crippen LogP contribution in [0.1, 0.15) is 26.3 Å². The van der Waals surface area contributed by atoms with Crippen LogP contribution >= 0.6 is 0 Å². The molecule has 0 aromatic heterocycles. The van der Waals surface area contributed by atoms with E-state index in [-0.39, 0.29) is 17.9 Å². The minimum Gasteiger partial charge on any atom is -0.508 e. The molecule has 4 nitrogen and oxygen atoms in total. The molecule has 0 aliphatic heterocycles. The van der Waals surface area contributed by atoms with E-state index in [1.54, 1.807) is 18.2 Å². The third-order valence-electron chi connectivity index (χ3n) is 2.51. The number of ether oxygens (including phenoxy) is 1. The summed E-state index contributed by atoms with van der Waals surface area (Å²) in [7, 11) is 0. The van der Waals surface area contributed by atoms with Crippen molar-refractivity contribution >= 4 is 0 Å². The third kappa shape index (κ3) is 4.24. The Labute approximate surface area is 102 Å². The Morgan fingerprint density at radius 2 is 2.06 bits per heavy atom. The average Bonchev–Trinajstić information content (AvgIpc) is 2.30. The van der Waals surface area contributed by atoms with Crippen molar-refractivity contribution in [3.8, 4) is 11.5 Å². The third-order valence-corrected chi connectivity index (χ3v) is 2.51. The molecular formula is C13H21NO3. The summed E-state index contributed by atoms with van der Waals surface area (Å²) in [6.07, 6.45) is 0. The molecule has 0 aliphatic carbocycles.